The van der Waals surface area contributed by atoms with Crippen molar-refractivity contribution in [2.75, 3.05) is 11.9 Å². The van der Waals surface area contributed by atoms with Crippen LogP contribution >= 0.6 is 0 Å². The maximum absolute atomic E-state index is 13.7. The average Bonchev–Trinajstić information content (AvgIpc) is 2.77. The SMILES string of the molecule is C[C@@H]1CC(C)(C)C[C@@]2(C1)NC(=O)N(CC(=O)Nc1ccc(F)c(F)c1F)C2=O. The highest BCUT2D eigenvalue weighted by atomic mass is 19.2. The normalized spacial score (nSPS) is 26.5. The van der Waals surface area contributed by atoms with Crippen LogP contribution < -0.4 is 10.6 Å². The molecule has 0 unspecified atom stereocenters. The predicted molar refractivity (Wildman–Crippen MR) is 94.7 cm³/mol. The first-order valence-electron chi connectivity index (χ1n) is 9.02. The predicted octanol–water partition coefficient (Wildman–Crippen LogP) is 3.18. The summed E-state index contributed by atoms with van der Waals surface area (Å²) in [4.78, 5) is 38.3. The van der Waals surface area contributed by atoms with E-state index in [-0.39, 0.29) is 11.3 Å². The molecule has 1 saturated heterocycles. The fraction of sp³-hybridized carbons (Fsp3) is 0.526. The molecule has 2 fully saturated rings. The molecule has 1 aliphatic carbocycles. The molecule has 1 aromatic rings. The minimum Gasteiger partial charge on any atom is -0.323 e. The van der Waals surface area contributed by atoms with Crippen LogP contribution in [-0.2, 0) is 9.59 Å². The van der Waals surface area contributed by atoms with Crippen molar-refractivity contribution in [2.24, 2.45) is 11.3 Å². The first kappa shape index (κ1) is 20.2. The lowest BCUT2D eigenvalue weighted by molar-refractivity contribution is -0.136. The molecule has 152 valence electrons. The molecule has 2 N–H and O–H groups in total. The molecule has 2 aliphatic rings. The van der Waals surface area contributed by atoms with Crippen LogP contribution in [0.15, 0.2) is 12.1 Å². The van der Waals surface area contributed by atoms with E-state index in [1.54, 1.807) is 0 Å². The van der Waals surface area contributed by atoms with E-state index in [0.717, 1.165) is 17.4 Å². The highest BCUT2D eigenvalue weighted by Gasteiger charge is 2.56. The van der Waals surface area contributed by atoms with Crippen molar-refractivity contribution in [1.82, 2.24) is 10.2 Å². The number of hydrogen-bond donors (Lipinski definition) is 2. The number of rotatable bonds is 3. The number of carbonyl (C=O) groups is 3. The molecule has 28 heavy (non-hydrogen) atoms. The van der Waals surface area contributed by atoms with Gasteiger partial charge in [-0.3, -0.25) is 14.5 Å². The van der Waals surface area contributed by atoms with Crippen molar-refractivity contribution < 1.29 is 27.6 Å². The highest BCUT2D eigenvalue weighted by molar-refractivity contribution is 6.10. The van der Waals surface area contributed by atoms with Crippen LogP contribution in [0.2, 0.25) is 0 Å². The molecule has 0 aromatic heterocycles. The minimum atomic E-state index is -1.72. The van der Waals surface area contributed by atoms with Crippen LogP contribution in [0.1, 0.15) is 40.0 Å². The number of anilines is 1. The number of urea groups is 1. The van der Waals surface area contributed by atoms with E-state index >= 15 is 0 Å². The molecule has 1 aliphatic heterocycles. The lowest BCUT2D eigenvalue weighted by Gasteiger charge is -2.43. The third kappa shape index (κ3) is 3.57. The number of benzene rings is 1. The van der Waals surface area contributed by atoms with Crippen molar-refractivity contribution in [2.45, 2.75) is 45.6 Å². The number of nitrogens with zero attached hydrogens (tertiary/aromatic N) is 1. The quantitative estimate of drug-likeness (QED) is 0.607. The Balaban J connectivity index is 1.74. The Hall–Kier alpha value is -2.58. The molecule has 0 bridgehead atoms. The molecule has 1 saturated carbocycles. The largest absolute Gasteiger partial charge is 0.325 e. The highest BCUT2D eigenvalue weighted by Crippen LogP contribution is 2.46. The Morgan fingerprint density at radius 1 is 1.21 bits per heavy atom. The van der Waals surface area contributed by atoms with Crippen LogP contribution in [0, 0.1) is 28.8 Å². The van der Waals surface area contributed by atoms with Crippen LogP contribution in [-0.4, -0.2) is 34.8 Å². The van der Waals surface area contributed by atoms with Crippen LogP contribution in [0.25, 0.3) is 0 Å². The summed E-state index contributed by atoms with van der Waals surface area (Å²) in [6.45, 7) is 5.39. The van der Waals surface area contributed by atoms with Gasteiger partial charge in [0.1, 0.15) is 12.1 Å². The summed E-state index contributed by atoms with van der Waals surface area (Å²) in [5.41, 5.74) is -1.79. The van der Waals surface area contributed by atoms with Gasteiger partial charge in [-0.2, -0.15) is 0 Å². The molecule has 3 rings (SSSR count). The van der Waals surface area contributed by atoms with Crippen LogP contribution in [0.4, 0.5) is 23.7 Å². The second kappa shape index (κ2) is 6.79. The smallest absolute Gasteiger partial charge is 0.323 e. The van der Waals surface area contributed by atoms with Gasteiger partial charge in [0.15, 0.2) is 17.5 Å². The third-order valence-electron chi connectivity index (χ3n) is 5.24. The summed E-state index contributed by atoms with van der Waals surface area (Å²) in [6.07, 6.45) is 1.83. The van der Waals surface area contributed by atoms with Crippen LogP contribution in [0.3, 0.4) is 0 Å². The molecule has 1 spiro atoms. The van der Waals surface area contributed by atoms with Gasteiger partial charge in [0.25, 0.3) is 5.91 Å². The molecule has 1 heterocycles. The van der Waals surface area contributed by atoms with Crippen LogP contribution in [0.5, 0.6) is 0 Å². The molecule has 9 heteroatoms. The number of halogens is 3. The maximum atomic E-state index is 13.7. The van der Waals surface area contributed by atoms with E-state index in [2.05, 4.69) is 10.6 Å². The average molecular weight is 397 g/mol. The number of imide groups is 1. The standard InChI is InChI=1S/C19H22F3N3O3/c1-10-6-18(2,3)9-19(7-10)16(27)25(17(28)24-19)8-13(26)23-12-5-4-11(20)14(21)15(12)22/h4-5,10H,6-9H2,1-3H3,(H,23,26)(H,24,28)/t10-,19-/m1/s1. The zero-order valence-corrected chi connectivity index (χ0v) is 15.9. The Morgan fingerprint density at radius 3 is 2.54 bits per heavy atom. The number of carbonyl (C=O) groups excluding carboxylic acids is 3. The maximum Gasteiger partial charge on any atom is 0.325 e. The van der Waals surface area contributed by atoms with Gasteiger partial charge in [-0.25, -0.2) is 18.0 Å². The molecule has 0 radical (unpaired) electrons. The molecule has 4 amide bonds. The van der Waals surface area contributed by atoms with Crippen molar-refractivity contribution in [3.63, 3.8) is 0 Å². The molecule has 2 atom stereocenters. The van der Waals surface area contributed by atoms with Gasteiger partial charge in [-0.1, -0.05) is 20.8 Å². The zero-order chi connectivity index (χ0) is 20.9. The van der Waals surface area contributed by atoms with Gasteiger partial charge < -0.3 is 10.6 Å². The summed E-state index contributed by atoms with van der Waals surface area (Å²) in [6, 6.07) is 0.836. The molecule has 1 aromatic carbocycles. The molecular weight excluding hydrogens is 375 g/mol. The Bertz CT molecular complexity index is 858. The fourth-order valence-corrected chi connectivity index (χ4v) is 4.61. The Morgan fingerprint density at radius 2 is 1.89 bits per heavy atom. The summed E-state index contributed by atoms with van der Waals surface area (Å²) < 4.78 is 40.0. The van der Waals surface area contributed by atoms with E-state index < -0.39 is 53.1 Å². The zero-order valence-electron chi connectivity index (χ0n) is 15.9. The van der Waals surface area contributed by atoms with Gasteiger partial charge >= 0.3 is 6.03 Å². The molecule has 6 nitrogen and oxygen atoms in total. The monoisotopic (exact) mass is 397 g/mol. The van der Waals surface area contributed by atoms with Crippen molar-refractivity contribution >= 4 is 23.5 Å². The second-order valence-corrected chi connectivity index (χ2v) is 8.53. The lowest BCUT2D eigenvalue weighted by Crippen LogP contribution is -2.54. The molecular formula is C19H22F3N3O3. The summed E-state index contributed by atoms with van der Waals surface area (Å²) in [5.74, 6) is -5.85. The van der Waals surface area contributed by atoms with E-state index in [1.165, 1.54) is 0 Å². The minimum absolute atomic E-state index is 0.159. The summed E-state index contributed by atoms with van der Waals surface area (Å²) >= 11 is 0. The van der Waals surface area contributed by atoms with Gasteiger partial charge in [-0.15, -0.1) is 0 Å². The van der Waals surface area contributed by atoms with E-state index in [0.29, 0.717) is 18.9 Å². The van der Waals surface area contributed by atoms with Crippen molar-refractivity contribution in [3.8, 4) is 0 Å². The fourth-order valence-electron chi connectivity index (χ4n) is 4.61. The Labute approximate surface area is 160 Å². The number of nitrogens with one attached hydrogen (secondary N) is 2. The lowest BCUT2D eigenvalue weighted by atomic mass is 9.64. The van der Waals surface area contributed by atoms with Gasteiger partial charge in [-0.05, 0) is 42.7 Å². The topological polar surface area (TPSA) is 78.5 Å². The third-order valence-corrected chi connectivity index (χ3v) is 5.24. The van der Waals surface area contributed by atoms with Gasteiger partial charge in [0, 0.05) is 0 Å². The van der Waals surface area contributed by atoms with E-state index in [9.17, 15) is 27.6 Å². The number of amides is 4. The second-order valence-electron chi connectivity index (χ2n) is 8.53. The van der Waals surface area contributed by atoms with Gasteiger partial charge in [0.05, 0.1) is 5.69 Å². The number of hydrogen-bond acceptors (Lipinski definition) is 3. The van der Waals surface area contributed by atoms with Gasteiger partial charge in [0.2, 0.25) is 5.91 Å². The van der Waals surface area contributed by atoms with E-state index in [4.69, 9.17) is 0 Å². The Kier molecular flexibility index (Phi) is 4.89. The first-order valence-corrected chi connectivity index (χ1v) is 9.02. The van der Waals surface area contributed by atoms with Crippen molar-refractivity contribution in [3.05, 3.63) is 29.6 Å². The summed E-state index contributed by atoms with van der Waals surface area (Å²) in [7, 11) is 0. The van der Waals surface area contributed by atoms with Crippen molar-refractivity contribution in [1.29, 1.82) is 0 Å². The first-order chi connectivity index (χ1) is 12.9. The van der Waals surface area contributed by atoms with E-state index in [1.807, 2.05) is 20.8 Å². The summed E-state index contributed by atoms with van der Waals surface area (Å²) in [5, 5.41) is 4.79.